The van der Waals surface area contributed by atoms with E-state index in [2.05, 4.69) is 22.2 Å². The Morgan fingerprint density at radius 2 is 2.25 bits per heavy atom. The average Bonchev–Trinajstić information content (AvgIpc) is 2.28. The van der Waals surface area contributed by atoms with Crippen LogP contribution in [0.2, 0.25) is 0 Å². The highest BCUT2D eigenvalue weighted by Crippen LogP contribution is 2.29. The Kier molecular flexibility index (Phi) is 3.24. The summed E-state index contributed by atoms with van der Waals surface area (Å²) in [7, 11) is 0. The molecule has 5 heteroatoms. The van der Waals surface area contributed by atoms with E-state index in [0.29, 0.717) is 5.95 Å². The van der Waals surface area contributed by atoms with Crippen LogP contribution in [0.5, 0.6) is 0 Å². The van der Waals surface area contributed by atoms with Gasteiger partial charge in [0, 0.05) is 26.0 Å². The number of aromatic nitrogens is 2. The summed E-state index contributed by atoms with van der Waals surface area (Å²) >= 11 is 0. The maximum absolute atomic E-state index is 5.52. The van der Waals surface area contributed by atoms with Crippen molar-refractivity contribution in [1.82, 2.24) is 9.97 Å². The van der Waals surface area contributed by atoms with Crippen LogP contribution in [0.4, 0.5) is 11.8 Å². The van der Waals surface area contributed by atoms with E-state index >= 15 is 0 Å². The number of hydrogen-bond donors (Lipinski definition) is 2. The first-order valence-electron chi connectivity index (χ1n) is 5.58. The van der Waals surface area contributed by atoms with Gasteiger partial charge in [0.25, 0.3) is 0 Å². The van der Waals surface area contributed by atoms with Crippen LogP contribution in [0.1, 0.15) is 19.8 Å². The van der Waals surface area contributed by atoms with Gasteiger partial charge in [-0.15, -0.1) is 0 Å². The summed E-state index contributed by atoms with van der Waals surface area (Å²) in [6.07, 6.45) is 3.83. The molecule has 1 aliphatic rings. The van der Waals surface area contributed by atoms with Crippen molar-refractivity contribution < 1.29 is 4.74 Å². The smallest absolute Gasteiger partial charge is 0.221 e. The van der Waals surface area contributed by atoms with Gasteiger partial charge in [-0.05, 0) is 24.3 Å². The molecular formula is C11H18N4O. The molecule has 0 aliphatic carbocycles. The molecule has 2 rings (SSSR count). The first kappa shape index (κ1) is 11.1. The Bertz CT molecular complexity index is 350. The van der Waals surface area contributed by atoms with Crippen molar-refractivity contribution in [1.29, 1.82) is 0 Å². The third-order valence-electron chi connectivity index (χ3n) is 3.07. The summed E-state index contributed by atoms with van der Waals surface area (Å²) in [5.74, 6) is 1.10. The molecule has 0 atom stereocenters. The van der Waals surface area contributed by atoms with Crippen molar-refractivity contribution in [3.8, 4) is 0 Å². The van der Waals surface area contributed by atoms with E-state index in [0.717, 1.165) is 38.4 Å². The van der Waals surface area contributed by atoms with Crippen LogP contribution in [0.3, 0.4) is 0 Å². The van der Waals surface area contributed by atoms with E-state index < -0.39 is 0 Å². The van der Waals surface area contributed by atoms with E-state index in [4.69, 9.17) is 10.5 Å². The number of ether oxygens (including phenoxy) is 1. The van der Waals surface area contributed by atoms with Gasteiger partial charge >= 0.3 is 0 Å². The van der Waals surface area contributed by atoms with E-state index in [1.165, 1.54) is 0 Å². The zero-order chi connectivity index (χ0) is 11.4. The summed E-state index contributed by atoms with van der Waals surface area (Å²) in [5, 5.41) is 3.31. The summed E-state index contributed by atoms with van der Waals surface area (Å²) in [6, 6.07) is 1.83. The minimum absolute atomic E-state index is 0.290. The van der Waals surface area contributed by atoms with E-state index in [1.807, 2.05) is 6.07 Å². The fraction of sp³-hybridized carbons (Fsp3) is 0.636. The van der Waals surface area contributed by atoms with Crippen LogP contribution < -0.4 is 11.1 Å². The molecule has 3 N–H and O–H groups in total. The summed E-state index contributed by atoms with van der Waals surface area (Å²) in [4.78, 5) is 7.97. The lowest BCUT2D eigenvalue weighted by Gasteiger charge is -2.33. The topological polar surface area (TPSA) is 73.1 Å². The van der Waals surface area contributed by atoms with Gasteiger partial charge in [0.05, 0.1) is 0 Å². The number of anilines is 2. The maximum atomic E-state index is 5.52. The van der Waals surface area contributed by atoms with Gasteiger partial charge in [-0.2, -0.15) is 4.98 Å². The van der Waals surface area contributed by atoms with Gasteiger partial charge < -0.3 is 15.8 Å². The van der Waals surface area contributed by atoms with Crippen molar-refractivity contribution in [2.45, 2.75) is 19.8 Å². The molecule has 88 valence electrons. The average molecular weight is 222 g/mol. The van der Waals surface area contributed by atoms with Crippen molar-refractivity contribution in [2.75, 3.05) is 30.8 Å². The SMILES string of the molecule is CC1(CNc2ccnc(N)n2)CCOCC1. The number of nitrogens with two attached hydrogens (primary N) is 1. The van der Waals surface area contributed by atoms with Gasteiger partial charge in [0.15, 0.2) is 0 Å². The molecule has 16 heavy (non-hydrogen) atoms. The van der Waals surface area contributed by atoms with E-state index in [9.17, 15) is 0 Å². The molecule has 0 unspecified atom stereocenters. The second kappa shape index (κ2) is 4.65. The number of nitrogens with one attached hydrogen (secondary N) is 1. The number of rotatable bonds is 3. The predicted molar refractivity (Wildman–Crippen MR) is 63.1 cm³/mol. The second-order valence-corrected chi connectivity index (χ2v) is 4.58. The summed E-state index contributed by atoms with van der Waals surface area (Å²) < 4.78 is 5.36. The first-order chi connectivity index (χ1) is 7.68. The predicted octanol–water partition coefficient (Wildman–Crippen LogP) is 1.29. The molecule has 1 aromatic heterocycles. The largest absolute Gasteiger partial charge is 0.381 e. The summed E-state index contributed by atoms with van der Waals surface area (Å²) in [6.45, 7) is 4.87. The zero-order valence-electron chi connectivity index (χ0n) is 9.57. The molecule has 0 radical (unpaired) electrons. The molecule has 1 aliphatic heterocycles. The van der Waals surface area contributed by atoms with Gasteiger partial charge in [-0.25, -0.2) is 4.98 Å². The van der Waals surface area contributed by atoms with Gasteiger partial charge in [0.2, 0.25) is 5.95 Å². The van der Waals surface area contributed by atoms with Crippen molar-refractivity contribution >= 4 is 11.8 Å². The third kappa shape index (κ3) is 2.82. The first-order valence-corrected chi connectivity index (χ1v) is 5.58. The highest BCUT2D eigenvalue weighted by atomic mass is 16.5. The highest BCUT2D eigenvalue weighted by molar-refractivity contribution is 5.37. The second-order valence-electron chi connectivity index (χ2n) is 4.58. The van der Waals surface area contributed by atoms with Crippen LogP contribution in [-0.4, -0.2) is 29.7 Å². The zero-order valence-corrected chi connectivity index (χ0v) is 9.57. The molecule has 0 aromatic carbocycles. The molecule has 2 heterocycles. The fourth-order valence-corrected chi connectivity index (χ4v) is 1.82. The minimum Gasteiger partial charge on any atom is -0.381 e. The molecule has 0 amide bonds. The molecule has 0 bridgehead atoms. The Hall–Kier alpha value is -1.36. The lowest BCUT2D eigenvalue weighted by atomic mass is 9.82. The van der Waals surface area contributed by atoms with Crippen LogP contribution in [0, 0.1) is 5.41 Å². The Labute approximate surface area is 95.4 Å². The molecule has 1 aromatic rings. The van der Waals surface area contributed by atoms with Crippen molar-refractivity contribution in [3.63, 3.8) is 0 Å². The van der Waals surface area contributed by atoms with Gasteiger partial charge in [0.1, 0.15) is 5.82 Å². The number of nitrogens with zero attached hydrogens (tertiary/aromatic N) is 2. The standard InChI is InChI=1S/C11H18N4O/c1-11(3-6-16-7-4-11)8-14-9-2-5-13-10(12)15-9/h2,5H,3-4,6-8H2,1H3,(H3,12,13,14,15). The monoisotopic (exact) mass is 222 g/mol. The summed E-state index contributed by atoms with van der Waals surface area (Å²) in [5.41, 5.74) is 5.81. The van der Waals surface area contributed by atoms with Crippen molar-refractivity contribution in [2.24, 2.45) is 5.41 Å². The third-order valence-corrected chi connectivity index (χ3v) is 3.07. The Balaban J connectivity index is 1.91. The molecule has 1 saturated heterocycles. The van der Waals surface area contributed by atoms with E-state index in [1.54, 1.807) is 6.20 Å². The molecule has 0 saturated carbocycles. The quantitative estimate of drug-likeness (QED) is 0.806. The Morgan fingerprint density at radius 3 is 2.94 bits per heavy atom. The Morgan fingerprint density at radius 1 is 1.50 bits per heavy atom. The lowest BCUT2D eigenvalue weighted by molar-refractivity contribution is 0.0300. The van der Waals surface area contributed by atoms with Gasteiger partial charge in [-0.1, -0.05) is 6.92 Å². The normalized spacial score (nSPS) is 19.3. The van der Waals surface area contributed by atoms with Crippen LogP contribution >= 0.6 is 0 Å². The number of hydrogen-bond acceptors (Lipinski definition) is 5. The molecular weight excluding hydrogens is 204 g/mol. The van der Waals surface area contributed by atoms with Crippen LogP contribution in [-0.2, 0) is 4.74 Å². The van der Waals surface area contributed by atoms with E-state index in [-0.39, 0.29) is 5.41 Å². The van der Waals surface area contributed by atoms with Crippen LogP contribution in [0.25, 0.3) is 0 Å². The fourth-order valence-electron chi connectivity index (χ4n) is 1.82. The molecule has 5 nitrogen and oxygen atoms in total. The lowest BCUT2D eigenvalue weighted by Crippen LogP contribution is -2.33. The van der Waals surface area contributed by atoms with Gasteiger partial charge in [-0.3, -0.25) is 0 Å². The maximum Gasteiger partial charge on any atom is 0.221 e. The molecule has 0 spiro atoms. The minimum atomic E-state index is 0.290. The highest BCUT2D eigenvalue weighted by Gasteiger charge is 2.27. The van der Waals surface area contributed by atoms with Crippen molar-refractivity contribution in [3.05, 3.63) is 12.3 Å². The van der Waals surface area contributed by atoms with Crippen LogP contribution in [0.15, 0.2) is 12.3 Å². The molecule has 1 fully saturated rings. The number of nitrogen functional groups attached to an aromatic ring is 1.